The van der Waals surface area contributed by atoms with Crippen molar-refractivity contribution < 1.29 is 0 Å². The third-order valence-corrected chi connectivity index (χ3v) is 4.16. The van der Waals surface area contributed by atoms with Crippen LogP contribution < -0.4 is 5.73 Å². The topological polar surface area (TPSA) is 26.0 Å². The summed E-state index contributed by atoms with van der Waals surface area (Å²) in [5.74, 6) is 0. The monoisotopic (exact) mass is 329 g/mol. The Morgan fingerprint density at radius 3 is 2.73 bits per heavy atom. The van der Waals surface area contributed by atoms with Crippen LogP contribution in [0, 0.1) is 10.5 Å². The summed E-state index contributed by atoms with van der Waals surface area (Å²) in [5, 5.41) is 2.10. The Bertz CT molecular complexity index is 464. The van der Waals surface area contributed by atoms with Crippen LogP contribution in [0.4, 0.5) is 0 Å². The van der Waals surface area contributed by atoms with Gasteiger partial charge >= 0.3 is 0 Å². The summed E-state index contributed by atoms with van der Waals surface area (Å²) in [5.41, 5.74) is 8.71. The maximum absolute atomic E-state index is 6.24. The number of thiophene rings is 1. The molecule has 0 aliphatic heterocycles. The van der Waals surface area contributed by atoms with Crippen LogP contribution in [0.15, 0.2) is 35.7 Å². The van der Waals surface area contributed by atoms with Gasteiger partial charge in [-0.05, 0) is 64.2 Å². The molecule has 1 heterocycles. The first kappa shape index (κ1) is 11.1. The van der Waals surface area contributed by atoms with E-state index in [2.05, 4.69) is 65.2 Å². The minimum absolute atomic E-state index is 0.0136. The molecule has 3 heteroatoms. The number of hydrogen-bond acceptors (Lipinski definition) is 2. The van der Waals surface area contributed by atoms with Gasteiger partial charge in [-0.25, -0.2) is 0 Å². The van der Waals surface area contributed by atoms with Crippen LogP contribution in [0.3, 0.4) is 0 Å². The van der Waals surface area contributed by atoms with Crippen molar-refractivity contribution in [1.82, 2.24) is 0 Å². The van der Waals surface area contributed by atoms with Crippen LogP contribution in [0.25, 0.3) is 0 Å². The Balaban J connectivity index is 2.36. The third kappa shape index (κ3) is 2.41. The van der Waals surface area contributed by atoms with Gasteiger partial charge in [-0.3, -0.25) is 0 Å². The van der Waals surface area contributed by atoms with E-state index in [1.165, 1.54) is 19.6 Å². The van der Waals surface area contributed by atoms with Crippen LogP contribution in [-0.4, -0.2) is 0 Å². The van der Waals surface area contributed by atoms with Gasteiger partial charge in [-0.2, -0.15) is 0 Å². The van der Waals surface area contributed by atoms with Gasteiger partial charge < -0.3 is 5.73 Å². The van der Waals surface area contributed by atoms with Crippen molar-refractivity contribution in [1.29, 1.82) is 0 Å². The first-order chi connectivity index (χ1) is 7.18. The Labute approximate surface area is 107 Å². The van der Waals surface area contributed by atoms with Gasteiger partial charge in [0.1, 0.15) is 0 Å². The normalized spacial score (nSPS) is 12.7. The summed E-state index contributed by atoms with van der Waals surface area (Å²) < 4.78 is 1.23. The van der Waals surface area contributed by atoms with Gasteiger partial charge in [0.25, 0.3) is 0 Å². The molecule has 0 saturated heterocycles. The molecule has 1 aromatic carbocycles. The van der Waals surface area contributed by atoms with Crippen molar-refractivity contribution in [2.75, 3.05) is 0 Å². The number of nitrogens with two attached hydrogens (primary N) is 1. The molecule has 2 rings (SSSR count). The smallest absolute Gasteiger partial charge is 0.0649 e. The molecule has 2 N–H and O–H groups in total. The van der Waals surface area contributed by atoms with Crippen LogP contribution >= 0.6 is 33.9 Å². The lowest BCUT2D eigenvalue weighted by Gasteiger charge is -2.11. The van der Waals surface area contributed by atoms with Crippen molar-refractivity contribution >= 4 is 33.9 Å². The zero-order chi connectivity index (χ0) is 10.8. The van der Waals surface area contributed by atoms with Gasteiger partial charge in [0, 0.05) is 8.45 Å². The minimum Gasteiger partial charge on any atom is -0.320 e. The zero-order valence-electron chi connectivity index (χ0n) is 8.41. The maximum Gasteiger partial charge on any atom is 0.0649 e. The minimum atomic E-state index is 0.0136. The maximum atomic E-state index is 6.24. The first-order valence-corrected chi connectivity index (χ1v) is 6.69. The summed E-state index contributed by atoms with van der Waals surface area (Å²) in [6, 6.07) is 10.5. The Morgan fingerprint density at radius 2 is 2.13 bits per heavy atom. The van der Waals surface area contributed by atoms with E-state index in [1.807, 2.05) is 0 Å². The quantitative estimate of drug-likeness (QED) is 0.835. The molecule has 0 aliphatic carbocycles. The first-order valence-electron chi connectivity index (χ1n) is 4.73. The lowest BCUT2D eigenvalue weighted by atomic mass is 10.0. The van der Waals surface area contributed by atoms with Crippen LogP contribution in [0.1, 0.15) is 22.0 Å². The van der Waals surface area contributed by atoms with Crippen molar-refractivity contribution in [3.63, 3.8) is 0 Å². The molecule has 1 atom stereocenters. The van der Waals surface area contributed by atoms with Crippen molar-refractivity contribution in [3.8, 4) is 0 Å². The molecular formula is C12H12INS. The summed E-state index contributed by atoms with van der Waals surface area (Å²) in [4.78, 5) is 1.26. The van der Waals surface area contributed by atoms with Gasteiger partial charge in [0.15, 0.2) is 0 Å². The molecule has 0 amide bonds. The predicted octanol–water partition coefficient (Wildman–Crippen LogP) is 3.71. The highest BCUT2D eigenvalue weighted by Crippen LogP contribution is 2.27. The summed E-state index contributed by atoms with van der Waals surface area (Å²) >= 11 is 4.04. The van der Waals surface area contributed by atoms with E-state index in [1.54, 1.807) is 11.3 Å². The molecule has 1 aromatic heterocycles. The fourth-order valence-electron chi connectivity index (χ4n) is 1.55. The number of halogens is 1. The summed E-state index contributed by atoms with van der Waals surface area (Å²) in [6.07, 6.45) is 0. The molecule has 78 valence electrons. The van der Waals surface area contributed by atoms with E-state index >= 15 is 0 Å². The second-order valence-electron chi connectivity index (χ2n) is 3.50. The van der Waals surface area contributed by atoms with E-state index < -0.39 is 0 Å². The van der Waals surface area contributed by atoms with Crippen molar-refractivity contribution in [2.45, 2.75) is 13.0 Å². The van der Waals surface area contributed by atoms with Crippen molar-refractivity contribution in [3.05, 3.63) is 55.3 Å². The van der Waals surface area contributed by atoms with Gasteiger partial charge in [-0.15, -0.1) is 11.3 Å². The molecule has 0 radical (unpaired) electrons. The van der Waals surface area contributed by atoms with Crippen molar-refractivity contribution in [2.24, 2.45) is 5.73 Å². The highest BCUT2D eigenvalue weighted by atomic mass is 127. The number of aryl methyl sites for hydroxylation is 1. The van der Waals surface area contributed by atoms with Gasteiger partial charge in [0.05, 0.1) is 6.04 Å². The largest absolute Gasteiger partial charge is 0.320 e. The van der Waals surface area contributed by atoms with Crippen LogP contribution in [0.5, 0.6) is 0 Å². The van der Waals surface area contributed by atoms with Crippen LogP contribution in [-0.2, 0) is 0 Å². The molecule has 0 saturated carbocycles. The second kappa shape index (κ2) is 4.63. The molecule has 1 unspecified atom stereocenters. The van der Waals surface area contributed by atoms with E-state index in [0.717, 1.165) is 0 Å². The van der Waals surface area contributed by atoms with Crippen LogP contribution in [0.2, 0.25) is 0 Å². The van der Waals surface area contributed by atoms with Gasteiger partial charge in [-0.1, -0.05) is 12.1 Å². The molecule has 0 spiro atoms. The summed E-state index contributed by atoms with van der Waals surface area (Å²) in [6.45, 7) is 2.11. The molecule has 0 fully saturated rings. The fraction of sp³-hybridized carbons (Fsp3) is 0.167. The fourth-order valence-corrected chi connectivity index (χ4v) is 3.08. The Hall–Kier alpha value is -0.390. The van der Waals surface area contributed by atoms with E-state index in [9.17, 15) is 0 Å². The highest BCUT2D eigenvalue weighted by Gasteiger charge is 2.12. The van der Waals surface area contributed by atoms with E-state index in [-0.39, 0.29) is 6.04 Å². The Kier molecular flexibility index (Phi) is 3.43. The molecule has 0 bridgehead atoms. The average Bonchev–Trinajstić information content (AvgIpc) is 2.63. The molecule has 2 aromatic rings. The van der Waals surface area contributed by atoms with E-state index in [0.29, 0.717) is 0 Å². The molecule has 1 nitrogen and oxygen atoms in total. The lowest BCUT2D eigenvalue weighted by Crippen LogP contribution is -2.11. The number of hydrogen-bond donors (Lipinski definition) is 1. The SMILES string of the molecule is Cc1ccsc1C(N)c1cccc(I)c1. The molecular weight excluding hydrogens is 317 g/mol. The number of rotatable bonds is 2. The Morgan fingerprint density at radius 1 is 1.33 bits per heavy atom. The standard InChI is InChI=1S/C12H12INS/c1-8-5-6-15-12(8)11(14)9-3-2-4-10(13)7-9/h2-7,11H,14H2,1H3. The van der Waals surface area contributed by atoms with Gasteiger partial charge in [0.2, 0.25) is 0 Å². The zero-order valence-corrected chi connectivity index (χ0v) is 11.4. The second-order valence-corrected chi connectivity index (χ2v) is 5.69. The molecule has 0 aliphatic rings. The van der Waals surface area contributed by atoms with E-state index in [4.69, 9.17) is 5.73 Å². The lowest BCUT2D eigenvalue weighted by molar-refractivity contribution is 0.884. The third-order valence-electron chi connectivity index (χ3n) is 2.39. The summed E-state index contributed by atoms with van der Waals surface area (Å²) in [7, 11) is 0. The predicted molar refractivity (Wildman–Crippen MR) is 74.2 cm³/mol. The highest BCUT2D eigenvalue weighted by molar-refractivity contribution is 14.1. The average molecular weight is 329 g/mol. The number of benzene rings is 1. The molecule has 15 heavy (non-hydrogen) atoms.